The molecule has 2 aromatic carbocycles. The topological polar surface area (TPSA) is 104 Å². The van der Waals surface area contributed by atoms with Gasteiger partial charge in [-0.05, 0) is 37.1 Å². The molecule has 0 bridgehead atoms. The fraction of sp³-hybridized carbons (Fsp3) is 0.273. The normalized spacial score (nSPS) is 10.7. The second-order valence-electron chi connectivity index (χ2n) is 7.10. The van der Waals surface area contributed by atoms with Crippen LogP contribution in [0.2, 0.25) is 5.02 Å². The third-order valence-corrected chi connectivity index (χ3v) is 5.10. The van der Waals surface area contributed by atoms with E-state index in [0.717, 1.165) is 11.1 Å². The molecule has 31 heavy (non-hydrogen) atoms. The molecule has 9 heteroatoms. The van der Waals surface area contributed by atoms with Crippen LogP contribution in [-0.4, -0.2) is 47.1 Å². The molecule has 0 radical (unpaired) electrons. The third-order valence-electron chi connectivity index (χ3n) is 4.73. The Morgan fingerprint density at radius 3 is 2.77 bits per heavy atom. The van der Waals surface area contributed by atoms with Crippen molar-refractivity contribution in [3.63, 3.8) is 0 Å². The molecule has 162 valence electrons. The maximum atomic E-state index is 12.3. The van der Waals surface area contributed by atoms with Crippen LogP contribution in [0, 0.1) is 6.92 Å². The molecule has 1 heterocycles. The molecule has 0 fully saturated rings. The summed E-state index contributed by atoms with van der Waals surface area (Å²) in [7, 11) is 1.64. The van der Waals surface area contributed by atoms with Crippen molar-refractivity contribution in [3.8, 4) is 0 Å². The average molecular weight is 443 g/mol. The van der Waals surface area contributed by atoms with Crippen LogP contribution in [0.5, 0.6) is 0 Å². The van der Waals surface area contributed by atoms with Gasteiger partial charge < -0.3 is 9.64 Å². The van der Waals surface area contributed by atoms with Gasteiger partial charge in [0.1, 0.15) is 6.61 Å². The SMILES string of the molecule is Cc1ccc2nc(NC(=O)OCCN(C)C(=O)CCc3ccccc3Cl)[nH]c(=O)c2c1. The number of benzene rings is 2. The molecule has 0 atom stereocenters. The Hall–Kier alpha value is -3.39. The number of carbonyl (C=O) groups is 2. The number of halogens is 1. The minimum Gasteiger partial charge on any atom is -0.447 e. The van der Waals surface area contributed by atoms with Crippen molar-refractivity contribution in [1.82, 2.24) is 14.9 Å². The molecule has 0 unspecified atom stereocenters. The molecule has 0 saturated carbocycles. The largest absolute Gasteiger partial charge is 0.447 e. The summed E-state index contributed by atoms with van der Waals surface area (Å²) in [4.78, 5) is 44.6. The number of carbonyl (C=O) groups excluding carboxylic acids is 2. The number of anilines is 1. The first-order valence-electron chi connectivity index (χ1n) is 9.75. The number of fused-ring (bicyclic) bond motifs is 1. The lowest BCUT2D eigenvalue weighted by atomic mass is 10.1. The number of amides is 2. The Morgan fingerprint density at radius 2 is 2.00 bits per heavy atom. The smallest absolute Gasteiger partial charge is 0.414 e. The number of likely N-dealkylation sites (N-methyl/N-ethyl adjacent to an activating group) is 1. The van der Waals surface area contributed by atoms with Gasteiger partial charge in [-0.1, -0.05) is 41.4 Å². The Bertz CT molecular complexity index is 1160. The first-order chi connectivity index (χ1) is 14.8. The number of H-pyrrole nitrogens is 1. The van der Waals surface area contributed by atoms with E-state index < -0.39 is 6.09 Å². The standard InChI is InChI=1S/C22H23ClN4O4/c1-14-7-9-18-16(13-14)20(29)25-21(24-18)26-22(30)31-12-11-27(2)19(28)10-8-15-5-3-4-6-17(15)23/h3-7,9,13H,8,10-12H2,1-2H3,(H2,24,25,26,29,30). The molecule has 3 rings (SSSR count). The van der Waals surface area contributed by atoms with E-state index in [1.807, 2.05) is 31.2 Å². The van der Waals surface area contributed by atoms with E-state index in [2.05, 4.69) is 15.3 Å². The minimum absolute atomic E-state index is 0.00280. The lowest BCUT2D eigenvalue weighted by Gasteiger charge is -2.17. The van der Waals surface area contributed by atoms with Gasteiger partial charge in [0, 0.05) is 18.5 Å². The van der Waals surface area contributed by atoms with Gasteiger partial charge in [0.25, 0.3) is 5.56 Å². The summed E-state index contributed by atoms with van der Waals surface area (Å²) in [6, 6.07) is 12.6. The van der Waals surface area contributed by atoms with E-state index in [1.165, 1.54) is 4.90 Å². The molecule has 8 nitrogen and oxygen atoms in total. The minimum atomic E-state index is -0.772. The first-order valence-corrected chi connectivity index (χ1v) is 10.1. The summed E-state index contributed by atoms with van der Waals surface area (Å²) in [5.41, 5.74) is 1.96. The predicted molar refractivity (Wildman–Crippen MR) is 119 cm³/mol. The van der Waals surface area contributed by atoms with Gasteiger partial charge in [-0.15, -0.1) is 0 Å². The highest BCUT2D eigenvalue weighted by atomic mass is 35.5. The van der Waals surface area contributed by atoms with Gasteiger partial charge in [0.15, 0.2) is 0 Å². The lowest BCUT2D eigenvalue weighted by molar-refractivity contribution is -0.130. The third kappa shape index (κ3) is 6.05. The van der Waals surface area contributed by atoms with Gasteiger partial charge >= 0.3 is 6.09 Å². The van der Waals surface area contributed by atoms with E-state index >= 15 is 0 Å². The number of rotatable bonds is 7. The molecular weight excluding hydrogens is 420 g/mol. The predicted octanol–water partition coefficient (Wildman–Crippen LogP) is 3.52. The van der Waals surface area contributed by atoms with Crippen molar-refractivity contribution < 1.29 is 14.3 Å². The average Bonchev–Trinajstić information content (AvgIpc) is 2.73. The van der Waals surface area contributed by atoms with Crippen LogP contribution in [-0.2, 0) is 16.0 Å². The number of aromatic amines is 1. The Morgan fingerprint density at radius 1 is 1.23 bits per heavy atom. The van der Waals surface area contributed by atoms with Gasteiger partial charge in [-0.3, -0.25) is 19.9 Å². The van der Waals surface area contributed by atoms with Crippen molar-refractivity contribution in [2.75, 3.05) is 25.5 Å². The van der Waals surface area contributed by atoms with Crippen LogP contribution < -0.4 is 10.9 Å². The van der Waals surface area contributed by atoms with Crippen LogP contribution in [0.25, 0.3) is 10.9 Å². The molecule has 2 N–H and O–H groups in total. The van der Waals surface area contributed by atoms with Gasteiger partial charge in [0.05, 0.1) is 17.4 Å². The van der Waals surface area contributed by atoms with Crippen molar-refractivity contribution in [2.24, 2.45) is 0 Å². The maximum absolute atomic E-state index is 12.3. The van der Waals surface area contributed by atoms with Crippen LogP contribution in [0.1, 0.15) is 17.5 Å². The summed E-state index contributed by atoms with van der Waals surface area (Å²) in [5, 5.41) is 3.47. The summed E-state index contributed by atoms with van der Waals surface area (Å²) in [5.74, 6) is -0.0877. The number of aromatic nitrogens is 2. The lowest BCUT2D eigenvalue weighted by Crippen LogP contribution is -2.31. The van der Waals surface area contributed by atoms with E-state index in [1.54, 1.807) is 25.2 Å². The Labute approximate surface area is 184 Å². The van der Waals surface area contributed by atoms with E-state index in [9.17, 15) is 14.4 Å². The summed E-state index contributed by atoms with van der Waals surface area (Å²) in [6.45, 7) is 2.11. The summed E-state index contributed by atoms with van der Waals surface area (Å²) in [6.07, 6.45) is 0.0605. The fourth-order valence-electron chi connectivity index (χ4n) is 2.98. The van der Waals surface area contributed by atoms with Gasteiger partial charge in [0.2, 0.25) is 11.9 Å². The molecule has 3 aromatic rings. The Kier molecular flexibility index (Phi) is 7.25. The summed E-state index contributed by atoms with van der Waals surface area (Å²) >= 11 is 6.10. The van der Waals surface area contributed by atoms with Crippen molar-refractivity contribution >= 4 is 40.5 Å². The highest BCUT2D eigenvalue weighted by Crippen LogP contribution is 2.17. The highest BCUT2D eigenvalue weighted by molar-refractivity contribution is 6.31. The van der Waals surface area contributed by atoms with Crippen molar-refractivity contribution in [3.05, 3.63) is 69.0 Å². The molecule has 0 saturated heterocycles. The maximum Gasteiger partial charge on any atom is 0.414 e. The number of hydrogen-bond acceptors (Lipinski definition) is 5. The molecule has 0 spiro atoms. The molecule has 0 aliphatic rings. The Balaban J connectivity index is 1.46. The zero-order valence-corrected chi connectivity index (χ0v) is 18.0. The number of aryl methyl sites for hydroxylation is 2. The zero-order chi connectivity index (χ0) is 22.4. The number of hydrogen-bond donors (Lipinski definition) is 2. The van der Waals surface area contributed by atoms with Gasteiger partial charge in [-0.2, -0.15) is 0 Å². The first kappa shape index (κ1) is 22.3. The summed E-state index contributed by atoms with van der Waals surface area (Å²) < 4.78 is 5.09. The van der Waals surface area contributed by atoms with Crippen LogP contribution in [0.15, 0.2) is 47.3 Å². The van der Waals surface area contributed by atoms with Crippen LogP contribution >= 0.6 is 11.6 Å². The van der Waals surface area contributed by atoms with E-state index in [4.69, 9.17) is 16.3 Å². The highest BCUT2D eigenvalue weighted by Gasteiger charge is 2.12. The van der Waals surface area contributed by atoms with E-state index in [0.29, 0.717) is 28.8 Å². The van der Waals surface area contributed by atoms with E-state index in [-0.39, 0.29) is 30.6 Å². The van der Waals surface area contributed by atoms with Crippen LogP contribution in [0.4, 0.5) is 10.7 Å². The fourth-order valence-corrected chi connectivity index (χ4v) is 3.21. The quantitative estimate of drug-likeness (QED) is 0.582. The van der Waals surface area contributed by atoms with Crippen molar-refractivity contribution in [1.29, 1.82) is 0 Å². The molecule has 1 aromatic heterocycles. The number of nitrogens with one attached hydrogen (secondary N) is 2. The second-order valence-corrected chi connectivity index (χ2v) is 7.51. The molecular formula is C22H23ClN4O4. The molecule has 0 aliphatic heterocycles. The number of ether oxygens (including phenoxy) is 1. The zero-order valence-electron chi connectivity index (χ0n) is 17.3. The van der Waals surface area contributed by atoms with Crippen LogP contribution in [0.3, 0.4) is 0 Å². The molecule has 2 amide bonds. The number of nitrogens with zero attached hydrogens (tertiary/aromatic N) is 2. The monoisotopic (exact) mass is 442 g/mol. The van der Waals surface area contributed by atoms with Gasteiger partial charge in [-0.25, -0.2) is 9.78 Å². The van der Waals surface area contributed by atoms with Crippen molar-refractivity contribution in [2.45, 2.75) is 19.8 Å². The second kappa shape index (κ2) is 10.1. The molecule has 0 aliphatic carbocycles.